The second-order valence-electron chi connectivity index (χ2n) is 4.26. The molecule has 2 aromatic heterocycles. The maximum absolute atomic E-state index is 5.25. The Bertz CT molecular complexity index is 697. The minimum Gasteiger partial charge on any atom is -0.497 e. The third-order valence-corrected chi connectivity index (χ3v) is 3.01. The zero-order chi connectivity index (χ0) is 13.8. The Kier molecular flexibility index (Phi) is 3.45. The van der Waals surface area contributed by atoms with Crippen molar-refractivity contribution in [3.8, 4) is 5.75 Å². The molecule has 20 heavy (non-hydrogen) atoms. The normalized spacial score (nSPS) is 10.7. The highest BCUT2D eigenvalue weighted by atomic mass is 16.5. The van der Waals surface area contributed by atoms with Gasteiger partial charge in [0.1, 0.15) is 11.6 Å². The molecule has 1 N–H and O–H groups in total. The van der Waals surface area contributed by atoms with Crippen LogP contribution in [0.15, 0.2) is 41.3 Å². The lowest BCUT2D eigenvalue weighted by Crippen LogP contribution is -2.06. The second kappa shape index (κ2) is 5.56. The Morgan fingerprint density at radius 2 is 2.20 bits per heavy atom. The summed E-state index contributed by atoms with van der Waals surface area (Å²) in [5.41, 5.74) is 0. The van der Waals surface area contributed by atoms with Crippen LogP contribution in [-0.4, -0.2) is 28.8 Å². The van der Waals surface area contributed by atoms with Gasteiger partial charge in [-0.1, -0.05) is 11.2 Å². The molecule has 0 saturated heterocycles. The fourth-order valence-electron chi connectivity index (χ4n) is 2.01. The number of pyridine rings is 1. The summed E-state index contributed by atoms with van der Waals surface area (Å²) in [5, 5.41) is 8.99. The van der Waals surface area contributed by atoms with Gasteiger partial charge in [-0.05, 0) is 23.6 Å². The van der Waals surface area contributed by atoms with Crippen molar-refractivity contribution < 1.29 is 9.26 Å². The molecule has 2 heterocycles. The van der Waals surface area contributed by atoms with E-state index < -0.39 is 0 Å². The third kappa shape index (κ3) is 2.54. The number of nitrogens with zero attached hydrogens (tertiary/aromatic N) is 3. The molecule has 0 unspecified atom stereocenters. The number of aromatic nitrogens is 3. The minimum atomic E-state index is 0.607. The predicted molar refractivity (Wildman–Crippen MR) is 74.8 cm³/mol. The smallest absolute Gasteiger partial charge is 0.228 e. The zero-order valence-corrected chi connectivity index (χ0v) is 11.0. The number of fused-ring (bicyclic) bond motifs is 1. The summed E-state index contributed by atoms with van der Waals surface area (Å²) in [6, 6.07) is 7.89. The van der Waals surface area contributed by atoms with Gasteiger partial charge in [-0.3, -0.25) is 0 Å². The van der Waals surface area contributed by atoms with Gasteiger partial charge in [0, 0.05) is 24.5 Å². The van der Waals surface area contributed by atoms with E-state index in [0.717, 1.165) is 22.3 Å². The SMILES string of the molecule is COc1ccc2ccnc(NCCc3ncno3)c2c1. The molecule has 1 aromatic carbocycles. The van der Waals surface area contributed by atoms with E-state index in [1.54, 1.807) is 13.3 Å². The predicted octanol–water partition coefficient (Wildman–Crippen LogP) is 2.28. The van der Waals surface area contributed by atoms with Crippen molar-refractivity contribution in [2.45, 2.75) is 6.42 Å². The van der Waals surface area contributed by atoms with Crippen LogP contribution in [0.2, 0.25) is 0 Å². The first-order valence-corrected chi connectivity index (χ1v) is 6.29. The van der Waals surface area contributed by atoms with Crippen molar-refractivity contribution in [3.05, 3.63) is 42.7 Å². The molecule has 0 bridgehead atoms. The summed E-state index contributed by atoms with van der Waals surface area (Å²) in [6.07, 6.45) is 3.84. The Balaban J connectivity index is 1.79. The summed E-state index contributed by atoms with van der Waals surface area (Å²) < 4.78 is 10.2. The molecule has 0 amide bonds. The van der Waals surface area contributed by atoms with Gasteiger partial charge in [-0.15, -0.1) is 0 Å². The van der Waals surface area contributed by atoms with Crippen molar-refractivity contribution >= 4 is 16.6 Å². The average molecular weight is 270 g/mol. The highest BCUT2D eigenvalue weighted by Gasteiger charge is 2.05. The van der Waals surface area contributed by atoms with Crippen LogP contribution < -0.4 is 10.1 Å². The van der Waals surface area contributed by atoms with Crippen molar-refractivity contribution in [2.24, 2.45) is 0 Å². The van der Waals surface area contributed by atoms with Gasteiger partial charge in [0.15, 0.2) is 6.33 Å². The van der Waals surface area contributed by atoms with Crippen LogP contribution in [0.25, 0.3) is 10.8 Å². The van der Waals surface area contributed by atoms with E-state index in [2.05, 4.69) is 20.4 Å². The first-order chi connectivity index (χ1) is 9.86. The molecule has 0 aliphatic rings. The molecular formula is C14H14N4O2. The third-order valence-electron chi connectivity index (χ3n) is 3.01. The molecule has 6 heteroatoms. The molecule has 3 rings (SSSR count). The topological polar surface area (TPSA) is 73.1 Å². The van der Waals surface area contributed by atoms with E-state index in [4.69, 9.17) is 9.26 Å². The van der Waals surface area contributed by atoms with Gasteiger partial charge in [0.25, 0.3) is 0 Å². The fourth-order valence-corrected chi connectivity index (χ4v) is 2.01. The van der Waals surface area contributed by atoms with Gasteiger partial charge in [0.2, 0.25) is 5.89 Å². The lowest BCUT2D eigenvalue weighted by atomic mass is 10.1. The highest BCUT2D eigenvalue weighted by Crippen LogP contribution is 2.25. The molecule has 0 aliphatic carbocycles. The summed E-state index contributed by atoms with van der Waals surface area (Å²) >= 11 is 0. The molecule has 0 radical (unpaired) electrons. The number of hydrogen-bond donors (Lipinski definition) is 1. The number of ether oxygens (including phenoxy) is 1. The number of methoxy groups -OCH3 is 1. The second-order valence-corrected chi connectivity index (χ2v) is 4.26. The first-order valence-electron chi connectivity index (χ1n) is 6.29. The standard InChI is InChI=1S/C14H14N4O2/c1-19-11-3-2-10-4-6-15-14(12(10)8-11)16-7-5-13-17-9-18-20-13/h2-4,6,8-9H,5,7H2,1H3,(H,15,16). The average Bonchev–Trinajstić information content (AvgIpc) is 3.00. The van der Waals surface area contributed by atoms with E-state index in [0.29, 0.717) is 18.9 Å². The summed E-state index contributed by atoms with van der Waals surface area (Å²) in [7, 11) is 1.65. The van der Waals surface area contributed by atoms with Crippen molar-refractivity contribution in [1.82, 2.24) is 15.1 Å². The van der Waals surface area contributed by atoms with E-state index in [1.165, 1.54) is 6.33 Å². The molecule has 0 saturated carbocycles. The monoisotopic (exact) mass is 270 g/mol. The fraction of sp³-hybridized carbons (Fsp3) is 0.214. The largest absolute Gasteiger partial charge is 0.497 e. The Hall–Kier alpha value is -2.63. The van der Waals surface area contributed by atoms with Crippen LogP contribution in [0, 0.1) is 0 Å². The molecular weight excluding hydrogens is 256 g/mol. The number of hydrogen-bond acceptors (Lipinski definition) is 6. The molecule has 6 nitrogen and oxygen atoms in total. The lowest BCUT2D eigenvalue weighted by molar-refractivity contribution is 0.379. The van der Waals surface area contributed by atoms with Crippen LogP contribution in [-0.2, 0) is 6.42 Å². The van der Waals surface area contributed by atoms with Crippen LogP contribution in [0.5, 0.6) is 5.75 Å². The molecule has 0 atom stereocenters. The van der Waals surface area contributed by atoms with Crippen molar-refractivity contribution in [1.29, 1.82) is 0 Å². The maximum atomic E-state index is 5.25. The number of nitrogens with one attached hydrogen (secondary N) is 1. The molecule has 0 spiro atoms. The Labute approximate surface area is 115 Å². The van der Waals surface area contributed by atoms with Crippen molar-refractivity contribution in [2.75, 3.05) is 19.0 Å². The van der Waals surface area contributed by atoms with Gasteiger partial charge < -0.3 is 14.6 Å². The van der Waals surface area contributed by atoms with Gasteiger partial charge in [-0.2, -0.15) is 4.98 Å². The summed E-state index contributed by atoms with van der Waals surface area (Å²) in [5.74, 6) is 2.24. The Morgan fingerprint density at radius 1 is 1.25 bits per heavy atom. The number of benzene rings is 1. The molecule has 102 valence electrons. The van der Waals surface area contributed by atoms with Gasteiger partial charge in [-0.25, -0.2) is 4.98 Å². The van der Waals surface area contributed by atoms with E-state index in [-0.39, 0.29) is 0 Å². The van der Waals surface area contributed by atoms with Gasteiger partial charge >= 0.3 is 0 Å². The van der Waals surface area contributed by atoms with E-state index in [1.807, 2.05) is 24.3 Å². The molecule has 3 aromatic rings. The van der Waals surface area contributed by atoms with E-state index in [9.17, 15) is 0 Å². The summed E-state index contributed by atoms with van der Waals surface area (Å²) in [6.45, 7) is 0.672. The van der Waals surface area contributed by atoms with Crippen LogP contribution in [0.3, 0.4) is 0 Å². The Morgan fingerprint density at radius 3 is 3.00 bits per heavy atom. The van der Waals surface area contributed by atoms with Crippen LogP contribution in [0.1, 0.15) is 5.89 Å². The van der Waals surface area contributed by atoms with Gasteiger partial charge in [0.05, 0.1) is 7.11 Å². The summed E-state index contributed by atoms with van der Waals surface area (Å²) in [4.78, 5) is 8.35. The van der Waals surface area contributed by atoms with Crippen molar-refractivity contribution in [3.63, 3.8) is 0 Å². The first kappa shape index (κ1) is 12.4. The lowest BCUT2D eigenvalue weighted by Gasteiger charge is -2.09. The molecule has 0 aliphatic heterocycles. The molecule has 0 fully saturated rings. The minimum absolute atomic E-state index is 0.607. The number of anilines is 1. The quantitative estimate of drug-likeness (QED) is 0.766. The van der Waals surface area contributed by atoms with Crippen LogP contribution in [0.4, 0.5) is 5.82 Å². The zero-order valence-electron chi connectivity index (χ0n) is 11.0. The van der Waals surface area contributed by atoms with E-state index >= 15 is 0 Å². The maximum Gasteiger partial charge on any atom is 0.228 e. The highest BCUT2D eigenvalue weighted by molar-refractivity contribution is 5.92. The number of rotatable bonds is 5. The van der Waals surface area contributed by atoms with Crippen LogP contribution >= 0.6 is 0 Å².